The van der Waals surface area contributed by atoms with Gasteiger partial charge in [0.1, 0.15) is 0 Å². The van der Waals surface area contributed by atoms with Crippen LogP contribution in [0.25, 0.3) is 10.9 Å². The Morgan fingerprint density at radius 2 is 2.04 bits per heavy atom. The molecular formula is C19H22N4O. The van der Waals surface area contributed by atoms with E-state index in [0.29, 0.717) is 19.5 Å². The monoisotopic (exact) mass is 322 g/mol. The lowest BCUT2D eigenvalue weighted by atomic mass is 10.1. The third-order valence-corrected chi connectivity index (χ3v) is 3.97. The fourth-order valence-electron chi connectivity index (χ4n) is 2.70. The summed E-state index contributed by atoms with van der Waals surface area (Å²) in [6.07, 6.45) is 6.91. The molecule has 24 heavy (non-hydrogen) atoms. The van der Waals surface area contributed by atoms with Crippen molar-refractivity contribution in [3.05, 3.63) is 66.1 Å². The van der Waals surface area contributed by atoms with Gasteiger partial charge in [-0.3, -0.25) is 9.78 Å². The van der Waals surface area contributed by atoms with Crippen LogP contribution in [0.2, 0.25) is 0 Å². The Morgan fingerprint density at radius 1 is 1.12 bits per heavy atom. The summed E-state index contributed by atoms with van der Waals surface area (Å²) in [5.41, 5.74) is 3.50. The second-order valence-corrected chi connectivity index (χ2v) is 5.75. The molecule has 3 rings (SSSR count). The van der Waals surface area contributed by atoms with Crippen molar-refractivity contribution < 1.29 is 4.79 Å². The van der Waals surface area contributed by atoms with Crippen molar-refractivity contribution in [3.63, 3.8) is 0 Å². The summed E-state index contributed by atoms with van der Waals surface area (Å²) in [6.45, 7) is 2.05. The SMILES string of the molecule is O=C(CCNCc1cccnc1)NCCc1c[nH]c2ccccc12. The van der Waals surface area contributed by atoms with Gasteiger partial charge in [0.05, 0.1) is 0 Å². The molecule has 0 aliphatic heterocycles. The first-order chi connectivity index (χ1) is 11.8. The van der Waals surface area contributed by atoms with Gasteiger partial charge in [-0.05, 0) is 29.7 Å². The van der Waals surface area contributed by atoms with Crippen molar-refractivity contribution in [3.8, 4) is 0 Å². The van der Waals surface area contributed by atoms with E-state index in [-0.39, 0.29) is 5.91 Å². The van der Waals surface area contributed by atoms with Crippen LogP contribution in [0.5, 0.6) is 0 Å². The molecule has 5 heteroatoms. The molecule has 0 aliphatic rings. The zero-order valence-corrected chi connectivity index (χ0v) is 13.6. The van der Waals surface area contributed by atoms with Crippen molar-refractivity contribution in [2.45, 2.75) is 19.4 Å². The minimum Gasteiger partial charge on any atom is -0.361 e. The largest absolute Gasteiger partial charge is 0.361 e. The molecule has 0 atom stereocenters. The summed E-state index contributed by atoms with van der Waals surface area (Å²) in [7, 11) is 0. The highest BCUT2D eigenvalue weighted by molar-refractivity contribution is 5.83. The number of benzene rings is 1. The number of H-pyrrole nitrogens is 1. The third kappa shape index (κ3) is 4.43. The van der Waals surface area contributed by atoms with E-state index >= 15 is 0 Å². The number of aromatic amines is 1. The first kappa shape index (κ1) is 16.2. The predicted octanol–water partition coefficient (Wildman–Crippen LogP) is 2.40. The van der Waals surface area contributed by atoms with Crippen LogP contribution in [-0.2, 0) is 17.8 Å². The van der Waals surface area contributed by atoms with Crippen molar-refractivity contribution in [1.29, 1.82) is 0 Å². The van der Waals surface area contributed by atoms with E-state index in [1.807, 2.05) is 36.7 Å². The smallest absolute Gasteiger partial charge is 0.221 e. The molecule has 1 amide bonds. The van der Waals surface area contributed by atoms with Crippen LogP contribution in [0, 0.1) is 0 Å². The fourth-order valence-corrected chi connectivity index (χ4v) is 2.70. The first-order valence-electron chi connectivity index (χ1n) is 8.24. The molecule has 1 aromatic carbocycles. The predicted molar refractivity (Wildman–Crippen MR) is 95.6 cm³/mol. The van der Waals surface area contributed by atoms with Gasteiger partial charge >= 0.3 is 0 Å². The Balaban J connectivity index is 1.34. The number of para-hydroxylation sites is 1. The highest BCUT2D eigenvalue weighted by atomic mass is 16.1. The van der Waals surface area contributed by atoms with Gasteiger partial charge in [0, 0.05) is 55.5 Å². The quantitative estimate of drug-likeness (QED) is 0.558. The van der Waals surface area contributed by atoms with E-state index in [4.69, 9.17) is 0 Å². The second-order valence-electron chi connectivity index (χ2n) is 5.75. The molecule has 2 heterocycles. The van der Waals surface area contributed by atoms with Crippen LogP contribution < -0.4 is 10.6 Å². The lowest BCUT2D eigenvalue weighted by Gasteiger charge is -2.06. The first-order valence-corrected chi connectivity index (χ1v) is 8.24. The summed E-state index contributed by atoms with van der Waals surface area (Å²) in [5.74, 6) is 0.0773. The summed E-state index contributed by atoms with van der Waals surface area (Å²) in [6, 6.07) is 12.1. The maximum atomic E-state index is 11.9. The van der Waals surface area contributed by atoms with Crippen molar-refractivity contribution in [2.75, 3.05) is 13.1 Å². The van der Waals surface area contributed by atoms with Crippen molar-refractivity contribution >= 4 is 16.8 Å². The minimum absolute atomic E-state index is 0.0773. The van der Waals surface area contributed by atoms with Crippen LogP contribution in [0.3, 0.4) is 0 Å². The Hall–Kier alpha value is -2.66. The number of rotatable bonds is 8. The number of nitrogens with one attached hydrogen (secondary N) is 3. The Labute approximate surface area is 141 Å². The molecule has 0 unspecified atom stereocenters. The molecule has 3 N–H and O–H groups in total. The normalized spacial score (nSPS) is 10.8. The minimum atomic E-state index is 0.0773. The highest BCUT2D eigenvalue weighted by Gasteiger charge is 2.04. The molecule has 2 aromatic heterocycles. The zero-order chi connectivity index (χ0) is 16.6. The molecule has 0 aliphatic carbocycles. The molecule has 3 aromatic rings. The van der Waals surface area contributed by atoms with Crippen molar-refractivity contribution in [2.24, 2.45) is 0 Å². The number of aromatic nitrogens is 2. The molecule has 0 bridgehead atoms. The number of carbonyl (C=O) groups is 1. The van der Waals surface area contributed by atoms with E-state index in [9.17, 15) is 4.79 Å². The summed E-state index contributed by atoms with van der Waals surface area (Å²) >= 11 is 0. The third-order valence-electron chi connectivity index (χ3n) is 3.97. The summed E-state index contributed by atoms with van der Waals surface area (Å²) in [4.78, 5) is 19.2. The molecule has 5 nitrogen and oxygen atoms in total. The van der Waals surface area contributed by atoms with Gasteiger partial charge in [0.25, 0.3) is 0 Å². The van der Waals surface area contributed by atoms with Gasteiger partial charge in [-0.2, -0.15) is 0 Å². The van der Waals surface area contributed by atoms with Crippen LogP contribution in [0.1, 0.15) is 17.5 Å². The van der Waals surface area contributed by atoms with E-state index in [1.165, 1.54) is 10.9 Å². The van der Waals surface area contributed by atoms with Crippen LogP contribution in [0.4, 0.5) is 0 Å². The number of pyridine rings is 1. The lowest BCUT2D eigenvalue weighted by molar-refractivity contribution is -0.120. The molecule has 0 saturated heterocycles. The molecule has 124 valence electrons. The number of fused-ring (bicyclic) bond motifs is 1. The second kappa shape index (κ2) is 8.26. The topological polar surface area (TPSA) is 69.8 Å². The van der Waals surface area contributed by atoms with E-state index < -0.39 is 0 Å². The number of hydrogen-bond donors (Lipinski definition) is 3. The van der Waals surface area contributed by atoms with E-state index in [1.54, 1.807) is 6.20 Å². The van der Waals surface area contributed by atoms with Gasteiger partial charge in [0.2, 0.25) is 5.91 Å². The molecular weight excluding hydrogens is 300 g/mol. The van der Waals surface area contributed by atoms with E-state index in [2.05, 4.69) is 32.7 Å². The van der Waals surface area contributed by atoms with Crippen LogP contribution >= 0.6 is 0 Å². The summed E-state index contributed by atoms with van der Waals surface area (Å²) in [5, 5.41) is 7.46. The average molecular weight is 322 g/mol. The Kier molecular flexibility index (Phi) is 5.58. The average Bonchev–Trinajstić information content (AvgIpc) is 3.03. The number of carbonyl (C=O) groups excluding carboxylic acids is 1. The maximum absolute atomic E-state index is 11.9. The van der Waals surface area contributed by atoms with Crippen molar-refractivity contribution in [1.82, 2.24) is 20.6 Å². The maximum Gasteiger partial charge on any atom is 0.221 e. The van der Waals surface area contributed by atoms with Crippen LogP contribution in [0.15, 0.2) is 55.0 Å². The van der Waals surface area contributed by atoms with Gasteiger partial charge in [-0.1, -0.05) is 24.3 Å². The molecule has 0 fully saturated rings. The van der Waals surface area contributed by atoms with Gasteiger partial charge in [0.15, 0.2) is 0 Å². The number of nitrogens with zero attached hydrogens (tertiary/aromatic N) is 1. The fraction of sp³-hybridized carbons (Fsp3) is 0.263. The van der Waals surface area contributed by atoms with Crippen LogP contribution in [-0.4, -0.2) is 29.0 Å². The highest BCUT2D eigenvalue weighted by Crippen LogP contribution is 2.17. The zero-order valence-electron chi connectivity index (χ0n) is 13.6. The summed E-state index contributed by atoms with van der Waals surface area (Å²) < 4.78 is 0. The van der Waals surface area contributed by atoms with Gasteiger partial charge < -0.3 is 15.6 Å². The molecule has 0 spiro atoms. The Morgan fingerprint density at radius 3 is 2.92 bits per heavy atom. The van der Waals surface area contributed by atoms with Gasteiger partial charge in [-0.15, -0.1) is 0 Å². The number of amides is 1. The Bertz CT molecular complexity index is 782. The standard InChI is InChI=1S/C19H22N4O/c24-19(8-10-21-13-15-4-3-9-20-12-15)22-11-7-16-14-23-18-6-2-1-5-17(16)18/h1-6,9,12,14,21,23H,7-8,10-11,13H2,(H,22,24). The molecule has 0 radical (unpaired) electrons. The number of hydrogen-bond acceptors (Lipinski definition) is 3. The molecule has 0 saturated carbocycles. The van der Waals surface area contributed by atoms with E-state index in [0.717, 1.165) is 24.0 Å². The van der Waals surface area contributed by atoms with Gasteiger partial charge in [-0.25, -0.2) is 0 Å². The lowest BCUT2D eigenvalue weighted by Crippen LogP contribution is -2.29.